The Kier molecular flexibility index (Phi) is 1.67. The quantitative estimate of drug-likeness (QED) is 0.592. The molecule has 0 unspecified atom stereocenters. The highest BCUT2D eigenvalue weighted by atomic mass is 35.5. The number of aromatic amines is 1. The Balaban J connectivity index is 2.51. The molecule has 2 nitrogen and oxygen atoms in total. The highest BCUT2D eigenvalue weighted by Gasteiger charge is 2.04. The maximum absolute atomic E-state index is 9.36. The van der Waals surface area contributed by atoms with Crippen molar-refractivity contribution in [1.29, 1.82) is 0 Å². The highest BCUT2D eigenvalue weighted by Crippen LogP contribution is 2.29. The fourth-order valence-electron chi connectivity index (χ4n) is 1.87. The fourth-order valence-corrected chi connectivity index (χ4v) is 2.04. The van der Waals surface area contributed by atoms with E-state index >= 15 is 0 Å². The fraction of sp³-hybridized carbons (Fsp3) is 0. The Bertz CT molecular complexity index is 601. The van der Waals surface area contributed by atoms with Crippen molar-refractivity contribution in [2.45, 2.75) is 0 Å². The first-order valence-corrected chi connectivity index (χ1v) is 5.02. The molecule has 0 saturated carbocycles. The first kappa shape index (κ1) is 8.62. The maximum Gasteiger partial charge on any atom is 0.117 e. The van der Waals surface area contributed by atoms with E-state index in [0.717, 1.165) is 21.8 Å². The average molecular weight is 218 g/mol. The number of H-pyrrole nitrogens is 1. The summed E-state index contributed by atoms with van der Waals surface area (Å²) in [5.41, 5.74) is 1.91. The summed E-state index contributed by atoms with van der Waals surface area (Å²) in [6.45, 7) is 0. The predicted molar refractivity (Wildman–Crippen MR) is 62.5 cm³/mol. The summed E-state index contributed by atoms with van der Waals surface area (Å²) in [5.74, 6) is 0.264. The van der Waals surface area contributed by atoms with Gasteiger partial charge < -0.3 is 10.1 Å². The standard InChI is InChI=1S/C12H8ClNO/c13-7-1-3-9-10-4-2-8(15)6-12(10)14-11(9)5-7/h1-6,14-15H. The topological polar surface area (TPSA) is 36.0 Å². The normalized spacial score (nSPS) is 11.3. The van der Waals surface area contributed by atoms with Gasteiger partial charge >= 0.3 is 0 Å². The molecule has 2 aromatic carbocycles. The lowest BCUT2D eigenvalue weighted by Crippen LogP contribution is -1.66. The first-order valence-electron chi connectivity index (χ1n) is 4.64. The van der Waals surface area contributed by atoms with E-state index in [9.17, 15) is 5.11 Å². The molecule has 3 heteroatoms. The van der Waals surface area contributed by atoms with E-state index in [-0.39, 0.29) is 5.75 Å². The van der Waals surface area contributed by atoms with Crippen LogP contribution in [-0.2, 0) is 0 Å². The predicted octanol–water partition coefficient (Wildman–Crippen LogP) is 3.68. The molecule has 74 valence electrons. The number of hydrogen-bond acceptors (Lipinski definition) is 1. The lowest BCUT2D eigenvalue weighted by atomic mass is 10.1. The van der Waals surface area contributed by atoms with Crippen LogP contribution < -0.4 is 0 Å². The molecule has 0 amide bonds. The molecule has 1 aromatic heterocycles. The Morgan fingerprint density at radius 2 is 1.60 bits per heavy atom. The van der Waals surface area contributed by atoms with Crippen molar-refractivity contribution in [1.82, 2.24) is 4.98 Å². The van der Waals surface area contributed by atoms with Gasteiger partial charge in [0.25, 0.3) is 0 Å². The molecule has 0 spiro atoms. The Morgan fingerprint density at radius 1 is 0.933 bits per heavy atom. The molecular formula is C12H8ClNO. The molecular weight excluding hydrogens is 210 g/mol. The van der Waals surface area contributed by atoms with E-state index in [1.807, 2.05) is 24.3 Å². The third-order valence-corrected chi connectivity index (χ3v) is 2.78. The minimum atomic E-state index is 0.264. The van der Waals surface area contributed by atoms with Crippen LogP contribution in [0.15, 0.2) is 36.4 Å². The molecule has 1 heterocycles. The van der Waals surface area contributed by atoms with Gasteiger partial charge in [-0.25, -0.2) is 0 Å². The summed E-state index contributed by atoms with van der Waals surface area (Å²) >= 11 is 5.91. The van der Waals surface area contributed by atoms with Crippen molar-refractivity contribution in [3.8, 4) is 5.75 Å². The number of nitrogens with one attached hydrogen (secondary N) is 1. The molecule has 0 fully saturated rings. The minimum absolute atomic E-state index is 0.264. The van der Waals surface area contributed by atoms with Crippen LogP contribution in [0.5, 0.6) is 5.75 Å². The van der Waals surface area contributed by atoms with E-state index in [4.69, 9.17) is 11.6 Å². The van der Waals surface area contributed by atoms with Gasteiger partial charge in [-0.3, -0.25) is 0 Å². The SMILES string of the molecule is Oc1ccc2c(c1)[nH]c1cc(Cl)ccc12. The number of aromatic hydroxyl groups is 1. The highest BCUT2D eigenvalue weighted by molar-refractivity contribution is 6.31. The second kappa shape index (κ2) is 2.91. The lowest BCUT2D eigenvalue weighted by molar-refractivity contribution is 0.476. The van der Waals surface area contributed by atoms with Crippen LogP contribution in [0.4, 0.5) is 0 Å². The van der Waals surface area contributed by atoms with E-state index in [2.05, 4.69) is 4.98 Å². The number of hydrogen-bond donors (Lipinski definition) is 2. The van der Waals surface area contributed by atoms with Crippen molar-refractivity contribution < 1.29 is 5.11 Å². The molecule has 0 aliphatic rings. The number of halogens is 1. The smallest absolute Gasteiger partial charge is 0.117 e. The molecule has 0 aliphatic heterocycles. The number of rotatable bonds is 0. The van der Waals surface area contributed by atoms with Gasteiger partial charge in [0.1, 0.15) is 5.75 Å². The number of aromatic nitrogens is 1. The van der Waals surface area contributed by atoms with Crippen LogP contribution in [0, 0.1) is 0 Å². The number of fused-ring (bicyclic) bond motifs is 3. The number of phenolic OH excluding ortho intramolecular Hbond substituents is 1. The summed E-state index contributed by atoms with van der Waals surface area (Å²) in [7, 11) is 0. The first-order chi connectivity index (χ1) is 7.24. The monoisotopic (exact) mass is 217 g/mol. The van der Waals surface area contributed by atoms with Crippen LogP contribution in [0.25, 0.3) is 21.8 Å². The molecule has 0 bridgehead atoms. The number of benzene rings is 2. The summed E-state index contributed by atoms with van der Waals surface area (Å²) in [5, 5.41) is 12.3. The van der Waals surface area contributed by atoms with Gasteiger partial charge in [-0.05, 0) is 24.3 Å². The van der Waals surface area contributed by atoms with Gasteiger partial charge in [-0.1, -0.05) is 17.7 Å². The molecule has 0 saturated heterocycles. The van der Waals surface area contributed by atoms with Gasteiger partial charge in [0.15, 0.2) is 0 Å². The van der Waals surface area contributed by atoms with Crippen LogP contribution >= 0.6 is 11.6 Å². The van der Waals surface area contributed by atoms with Crippen molar-refractivity contribution >= 4 is 33.4 Å². The van der Waals surface area contributed by atoms with Crippen molar-refractivity contribution in [2.24, 2.45) is 0 Å². The largest absolute Gasteiger partial charge is 0.508 e. The Hall–Kier alpha value is -1.67. The van der Waals surface area contributed by atoms with Crippen LogP contribution in [0.2, 0.25) is 5.02 Å². The Labute approximate surface area is 91.1 Å². The zero-order valence-corrected chi connectivity index (χ0v) is 8.55. The van der Waals surface area contributed by atoms with E-state index in [1.54, 1.807) is 12.1 Å². The summed E-state index contributed by atoms with van der Waals surface area (Å²) < 4.78 is 0. The van der Waals surface area contributed by atoms with Gasteiger partial charge in [-0.15, -0.1) is 0 Å². The van der Waals surface area contributed by atoms with Gasteiger partial charge in [-0.2, -0.15) is 0 Å². The van der Waals surface area contributed by atoms with Crippen LogP contribution in [0.3, 0.4) is 0 Å². The Morgan fingerprint density at radius 3 is 2.40 bits per heavy atom. The molecule has 3 aromatic rings. The van der Waals surface area contributed by atoms with Crippen LogP contribution in [-0.4, -0.2) is 10.1 Å². The summed E-state index contributed by atoms with van der Waals surface area (Å²) in [6, 6.07) is 11.0. The van der Waals surface area contributed by atoms with E-state index in [0.29, 0.717) is 5.02 Å². The summed E-state index contributed by atoms with van der Waals surface area (Å²) in [4.78, 5) is 3.22. The molecule has 2 N–H and O–H groups in total. The maximum atomic E-state index is 9.36. The molecule has 0 atom stereocenters. The molecule has 0 aliphatic carbocycles. The van der Waals surface area contributed by atoms with E-state index in [1.165, 1.54) is 0 Å². The van der Waals surface area contributed by atoms with Crippen molar-refractivity contribution in [2.75, 3.05) is 0 Å². The number of phenols is 1. The lowest BCUT2D eigenvalue weighted by Gasteiger charge is -1.92. The van der Waals surface area contributed by atoms with Gasteiger partial charge in [0, 0.05) is 27.4 Å². The minimum Gasteiger partial charge on any atom is -0.508 e. The van der Waals surface area contributed by atoms with Gasteiger partial charge in [0.05, 0.1) is 5.52 Å². The van der Waals surface area contributed by atoms with Crippen molar-refractivity contribution in [3.63, 3.8) is 0 Å². The third-order valence-electron chi connectivity index (χ3n) is 2.54. The molecule has 3 rings (SSSR count). The molecule has 15 heavy (non-hydrogen) atoms. The third kappa shape index (κ3) is 1.26. The van der Waals surface area contributed by atoms with E-state index < -0.39 is 0 Å². The van der Waals surface area contributed by atoms with Crippen LogP contribution in [0.1, 0.15) is 0 Å². The summed E-state index contributed by atoms with van der Waals surface area (Å²) in [6.07, 6.45) is 0. The van der Waals surface area contributed by atoms with Gasteiger partial charge in [0.2, 0.25) is 0 Å². The zero-order chi connectivity index (χ0) is 10.4. The van der Waals surface area contributed by atoms with Crippen molar-refractivity contribution in [3.05, 3.63) is 41.4 Å². The molecule has 0 radical (unpaired) electrons. The zero-order valence-electron chi connectivity index (χ0n) is 7.79. The second-order valence-corrected chi connectivity index (χ2v) is 3.98. The second-order valence-electron chi connectivity index (χ2n) is 3.54. The average Bonchev–Trinajstić information content (AvgIpc) is 2.53.